The van der Waals surface area contributed by atoms with Gasteiger partial charge in [0, 0.05) is 0 Å². The van der Waals surface area contributed by atoms with Gasteiger partial charge in [-0.2, -0.15) is 0 Å². The van der Waals surface area contributed by atoms with Crippen LogP contribution in [0, 0.1) is 5.92 Å². The summed E-state index contributed by atoms with van der Waals surface area (Å²) in [6.45, 7) is 1.37. The van der Waals surface area contributed by atoms with Crippen molar-refractivity contribution >= 4 is 5.97 Å². The van der Waals surface area contributed by atoms with E-state index in [-0.39, 0.29) is 12.3 Å². The smallest absolute Gasteiger partial charge is 0.303 e. The van der Waals surface area contributed by atoms with E-state index in [9.17, 15) is 4.79 Å². The molecule has 0 aromatic heterocycles. The number of aliphatic carboxylic acids is 1. The molecule has 1 aromatic rings. The summed E-state index contributed by atoms with van der Waals surface area (Å²) in [5, 5.41) is 8.99. The van der Waals surface area contributed by atoms with Gasteiger partial charge in [-0.1, -0.05) is 18.2 Å². The largest absolute Gasteiger partial charge is 0.481 e. The molecule has 2 aliphatic rings. The van der Waals surface area contributed by atoms with Crippen molar-refractivity contribution in [3.05, 3.63) is 34.9 Å². The normalized spacial score (nSPS) is 20.0. The van der Waals surface area contributed by atoms with Gasteiger partial charge < -0.3 is 9.84 Å². The summed E-state index contributed by atoms with van der Waals surface area (Å²) < 4.78 is 5.39. The van der Waals surface area contributed by atoms with Gasteiger partial charge in [-0.25, -0.2) is 0 Å². The molecule has 0 amide bonds. The fourth-order valence-corrected chi connectivity index (χ4v) is 2.67. The average Bonchev–Trinajstić information content (AvgIpc) is 3.03. The Balaban J connectivity index is 1.87. The van der Waals surface area contributed by atoms with E-state index in [0.717, 1.165) is 0 Å². The molecule has 0 bridgehead atoms. The number of ether oxygens (including phenoxy) is 1. The molecule has 0 spiro atoms. The van der Waals surface area contributed by atoms with E-state index in [2.05, 4.69) is 18.2 Å². The zero-order valence-electron chi connectivity index (χ0n) is 9.69. The van der Waals surface area contributed by atoms with Crippen LogP contribution >= 0.6 is 0 Å². The first-order valence-corrected chi connectivity index (χ1v) is 6.15. The van der Waals surface area contributed by atoms with Crippen molar-refractivity contribution in [2.24, 2.45) is 5.92 Å². The van der Waals surface area contributed by atoms with Gasteiger partial charge in [0.1, 0.15) is 0 Å². The zero-order chi connectivity index (χ0) is 11.8. The van der Waals surface area contributed by atoms with E-state index >= 15 is 0 Å². The van der Waals surface area contributed by atoms with Crippen molar-refractivity contribution < 1.29 is 14.6 Å². The summed E-state index contributed by atoms with van der Waals surface area (Å²) in [7, 11) is 0. The van der Waals surface area contributed by atoms with Crippen LogP contribution in [0.4, 0.5) is 0 Å². The monoisotopic (exact) mass is 232 g/mol. The minimum absolute atomic E-state index is 0.193. The number of benzene rings is 1. The molecular weight excluding hydrogens is 216 g/mol. The summed E-state index contributed by atoms with van der Waals surface area (Å²) in [4.78, 5) is 10.9. The van der Waals surface area contributed by atoms with Gasteiger partial charge in [-0.3, -0.25) is 4.79 Å². The second-order valence-corrected chi connectivity index (χ2v) is 5.06. The van der Waals surface area contributed by atoms with Gasteiger partial charge in [0.15, 0.2) is 0 Å². The van der Waals surface area contributed by atoms with Crippen molar-refractivity contribution in [2.75, 3.05) is 0 Å². The van der Waals surface area contributed by atoms with Crippen molar-refractivity contribution in [1.82, 2.24) is 0 Å². The van der Waals surface area contributed by atoms with E-state index in [0.29, 0.717) is 19.1 Å². The Kier molecular flexibility index (Phi) is 2.63. The molecule has 1 aliphatic heterocycles. The Morgan fingerprint density at radius 3 is 2.82 bits per heavy atom. The summed E-state index contributed by atoms with van der Waals surface area (Å²) in [5.41, 5.74) is 3.66. The van der Waals surface area contributed by atoms with Crippen LogP contribution < -0.4 is 0 Å². The highest BCUT2D eigenvalue weighted by molar-refractivity contribution is 5.68. The quantitative estimate of drug-likeness (QED) is 0.868. The minimum atomic E-state index is -0.696. The third-order valence-electron chi connectivity index (χ3n) is 3.76. The zero-order valence-corrected chi connectivity index (χ0v) is 9.69. The molecule has 0 radical (unpaired) electrons. The Hall–Kier alpha value is -1.35. The summed E-state index contributed by atoms with van der Waals surface area (Å²) >= 11 is 0. The summed E-state index contributed by atoms with van der Waals surface area (Å²) in [6.07, 6.45) is 2.60. The number of hydrogen-bond donors (Lipinski definition) is 1. The predicted molar refractivity (Wildman–Crippen MR) is 62.7 cm³/mol. The van der Waals surface area contributed by atoms with Gasteiger partial charge >= 0.3 is 5.97 Å². The Bertz CT molecular complexity index is 449. The van der Waals surface area contributed by atoms with Gasteiger partial charge in [0.2, 0.25) is 0 Å². The molecule has 1 N–H and O–H groups in total. The maximum atomic E-state index is 10.9. The molecule has 1 unspecified atom stereocenters. The Morgan fingerprint density at radius 2 is 2.12 bits per heavy atom. The van der Waals surface area contributed by atoms with Crippen molar-refractivity contribution in [1.29, 1.82) is 0 Å². The van der Waals surface area contributed by atoms with Crippen LogP contribution in [0.15, 0.2) is 18.2 Å². The van der Waals surface area contributed by atoms with Crippen LogP contribution in [0.3, 0.4) is 0 Å². The van der Waals surface area contributed by atoms with E-state index in [1.807, 2.05) is 0 Å². The highest BCUT2D eigenvalue weighted by Gasteiger charge is 2.34. The maximum absolute atomic E-state index is 10.9. The fourth-order valence-electron chi connectivity index (χ4n) is 2.67. The molecule has 1 aromatic carbocycles. The lowest BCUT2D eigenvalue weighted by Crippen LogP contribution is -2.08. The third kappa shape index (κ3) is 2.20. The van der Waals surface area contributed by atoms with Crippen LogP contribution in [-0.2, 0) is 22.7 Å². The predicted octanol–water partition coefficient (Wildman–Crippen LogP) is 2.69. The van der Waals surface area contributed by atoms with Crippen LogP contribution in [0.25, 0.3) is 0 Å². The molecule has 3 heteroatoms. The Labute approximate surface area is 100 Å². The standard InChI is InChI=1S/C14H16O3/c15-14(16)6-13(9-1-2-9)10-3-4-11-7-17-8-12(11)5-10/h3-5,9,13H,1-2,6-8H2,(H,15,16). The average molecular weight is 232 g/mol. The van der Waals surface area contributed by atoms with Crippen molar-refractivity contribution in [3.8, 4) is 0 Å². The molecule has 3 nitrogen and oxygen atoms in total. The molecule has 1 aliphatic carbocycles. The highest BCUT2D eigenvalue weighted by atomic mass is 16.5. The molecule has 3 rings (SSSR count). The van der Waals surface area contributed by atoms with Gasteiger partial charge in [0.25, 0.3) is 0 Å². The molecule has 90 valence electrons. The number of fused-ring (bicyclic) bond motifs is 1. The second kappa shape index (κ2) is 4.15. The molecular formula is C14H16O3. The van der Waals surface area contributed by atoms with E-state index in [1.165, 1.54) is 29.5 Å². The topological polar surface area (TPSA) is 46.5 Å². The van der Waals surface area contributed by atoms with Gasteiger partial charge in [-0.15, -0.1) is 0 Å². The van der Waals surface area contributed by atoms with Crippen LogP contribution in [0.2, 0.25) is 0 Å². The molecule has 1 heterocycles. The number of carboxylic acid groups (broad SMARTS) is 1. The van der Waals surface area contributed by atoms with Crippen molar-refractivity contribution in [2.45, 2.75) is 38.4 Å². The van der Waals surface area contributed by atoms with Crippen LogP contribution in [0.5, 0.6) is 0 Å². The maximum Gasteiger partial charge on any atom is 0.303 e. The molecule has 1 atom stereocenters. The van der Waals surface area contributed by atoms with Crippen LogP contribution in [0.1, 0.15) is 41.9 Å². The number of hydrogen-bond acceptors (Lipinski definition) is 2. The van der Waals surface area contributed by atoms with Crippen molar-refractivity contribution in [3.63, 3.8) is 0 Å². The van der Waals surface area contributed by atoms with Crippen LogP contribution in [-0.4, -0.2) is 11.1 Å². The van der Waals surface area contributed by atoms with E-state index in [1.54, 1.807) is 0 Å². The summed E-state index contributed by atoms with van der Waals surface area (Å²) in [6, 6.07) is 6.32. The first-order chi connectivity index (χ1) is 8.24. The number of carbonyl (C=O) groups is 1. The van der Waals surface area contributed by atoms with E-state index < -0.39 is 5.97 Å². The number of carboxylic acids is 1. The SMILES string of the molecule is O=C(O)CC(c1ccc2c(c1)COC2)C1CC1. The molecule has 1 fully saturated rings. The first-order valence-electron chi connectivity index (χ1n) is 6.15. The fraction of sp³-hybridized carbons (Fsp3) is 0.500. The first kappa shape index (κ1) is 10.8. The lowest BCUT2D eigenvalue weighted by molar-refractivity contribution is -0.137. The molecule has 0 saturated heterocycles. The molecule has 1 saturated carbocycles. The van der Waals surface area contributed by atoms with E-state index in [4.69, 9.17) is 9.84 Å². The minimum Gasteiger partial charge on any atom is -0.481 e. The lowest BCUT2D eigenvalue weighted by Gasteiger charge is -2.15. The number of rotatable bonds is 4. The molecule has 17 heavy (non-hydrogen) atoms. The summed E-state index contributed by atoms with van der Waals surface area (Å²) in [5.74, 6) is 0.0727. The highest BCUT2D eigenvalue weighted by Crippen LogP contribution is 2.45. The lowest BCUT2D eigenvalue weighted by atomic mass is 9.89. The second-order valence-electron chi connectivity index (χ2n) is 5.06. The Morgan fingerprint density at radius 1 is 1.35 bits per heavy atom. The van der Waals surface area contributed by atoms with Gasteiger partial charge in [0.05, 0.1) is 19.6 Å². The third-order valence-corrected chi connectivity index (χ3v) is 3.76. The van der Waals surface area contributed by atoms with Gasteiger partial charge in [-0.05, 0) is 41.4 Å².